The van der Waals surface area contributed by atoms with Gasteiger partial charge in [0.1, 0.15) is 18.2 Å². The molecule has 154 valence electrons. The molecular formula is C19H28N4O5. The molecule has 2 atom stereocenters. The van der Waals surface area contributed by atoms with Crippen molar-refractivity contribution < 1.29 is 23.9 Å². The highest BCUT2D eigenvalue weighted by atomic mass is 16.6. The summed E-state index contributed by atoms with van der Waals surface area (Å²) >= 11 is 0. The monoisotopic (exact) mass is 392 g/mol. The fraction of sp³-hybridized carbons (Fsp3) is 0.526. The fourth-order valence-electron chi connectivity index (χ4n) is 2.91. The number of ether oxygens (including phenoxy) is 2. The van der Waals surface area contributed by atoms with Crippen LogP contribution < -0.4 is 16.6 Å². The van der Waals surface area contributed by atoms with Crippen LogP contribution in [0.5, 0.6) is 0 Å². The molecule has 0 saturated carbocycles. The van der Waals surface area contributed by atoms with Crippen LogP contribution in [-0.4, -0.2) is 47.2 Å². The minimum atomic E-state index is -0.752. The molecule has 1 saturated heterocycles. The zero-order valence-electron chi connectivity index (χ0n) is 16.4. The van der Waals surface area contributed by atoms with E-state index in [2.05, 4.69) is 10.7 Å². The number of hydrogen-bond donors (Lipinski definition) is 3. The summed E-state index contributed by atoms with van der Waals surface area (Å²) in [5.74, 6) is 4.76. The van der Waals surface area contributed by atoms with Crippen molar-refractivity contribution in [2.45, 2.75) is 57.9 Å². The Morgan fingerprint density at radius 1 is 1.18 bits per heavy atom. The van der Waals surface area contributed by atoms with Gasteiger partial charge in [0.2, 0.25) is 0 Å². The minimum Gasteiger partial charge on any atom is -0.445 e. The van der Waals surface area contributed by atoms with Crippen molar-refractivity contribution >= 4 is 18.1 Å². The van der Waals surface area contributed by atoms with Crippen LogP contribution in [0.2, 0.25) is 0 Å². The number of amides is 3. The van der Waals surface area contributed by atoms with Crippen molar-refractivity contribution in [3.8, 4) is 0 Å². The molecule has 2 rings (SSSR count). The van der Waals surface area contributed by atoms with Crippen molar-refractivity contribution in [1.29, 1.82) is 0 Å². The zero-order valence-corrected chi connectivity index (χ0v) is 16.4. The van der Waals surface area contributed by atoms with Gasteiger partial charge in [-0.1, -0.05) is 30.3 Å². The Bertz CT molecular complexity index is 689. The average molecular weight is 392 g/mol. The number of piperidine rings is 1. The number of rotatable bonds is 4. The Kier molecular flexibility index (Phi) is 7.22. The van der Waals surface area contributed by atoms with Crippen LogP contribution in [0.4, 0.5) is 9.59 Å². The second-order valence-corrected chi connectivity index (χ2v) is 7.64. The standard InChI is InChI=1S/C19H28N4O5/c1-19(2,3)28-18(26)23-11-14(9-10-15(23)16(24)22-20)21-17(25)27-12-13-7-5-4-6-8-13/h4-8,14-15H,9-12,20H2,1-3H3,(H,21,25)(H,22,24)/t14-,15+/m0/s1. The van der Waals surface area contributed by atoms with E-state index in [1.54, 1.807) is 20.8 Å². The van der Waals surface area contributed by atoms with Crippen molar-refractivity contribution in [2.24, 2.45) is 5.84 Å². The SMILES string of the molecule is CC(C)(C)OC(=O)N1C[C@@H](NC(=O)OCc2ccccc2)CC[C@@H]1C(=O)NN. The Morgan fingerprint density at radius 3 is 2.46 bits per heavy atom. The molecule has 0 bridgehead atoms. The average Bonchev–Trinajstić information content (AvgIpc) is 2.65. The highest BCUT2D eigenvalue weighted by Gasteiger charge is 2.38. The maximum Gasteiger partial charge on any atom is 0.411 e. The molecule has 0 aromatic heterocycles. The summed E-state index contributed by atoms with van der Waals surface area (Å²) in [6.45, 7) is 5.48. The summed E-state index contributed by atoms with van der Waals surface area (Å²) in [6, 6.07) is 8.20. The number of carbonyl (C=O) groups excluding carboxylic acids is 3. The van der Waals surface area contributed by atoms with Gasteiger partial charge in [-0.05, 0) is 39.2 Å². The number of nitrogens with one attached hydrogen (secondary N) is 2. The molecule has 4 N–H and O–H groups in total. The van der Waals surface area contributed by atoms with Gasteiger partial charge in [-0.3, -0.25) is 15.1 Å². The first-order chi connectivity index (χ1) is 13.2. The van der Waals surface area contributed by atoms with Gasteiger partial charge in [0, 0.05) is 6.54 Å². The molecule has 1 aliphatic rings. The van der Waals surface area contributed by atoms with Gasteiger partial charge in [-0.2, -0.15) is 0 Å². The molecule has 1 aromatic rings. The number of alkyl carbamates (subject to hydrolysis) is 1. The van der Waals surface area contributed by atoms with Gasteiger partial charge in [0.15, 0.2) is 0 Å². The van der Waals surface area contributed by atoms with Crippen LogP contribution in [0.3, 0.4) is 0 Å². The lowest BCUT2D eigenvalue weighted by atomic mass is 9.98. The summed E-state index contributed by atoms with van der Waals surface area (Å²) in [5.41, 5.74) is 2.24. The fourth-order valence-corrected chi connectivity index (χ4v) is 2.91. The highest BCUT2D eigenvalue weighted by Crippen LogP contribution is 2.21. The highest BCUT2D eigenvalue weighted by molar-refractivity contribution is 5.85. The van der Waals surface area contributed by atoms with E-state index >= 15 is 0 Å². The lowest BCUT2D eigenvalue weighted by Crippen LogP contribution is -2.59. The molecular weight excluding hydrogens is 364 g/mol. The summed E-state index contributed by atoms with van der Waals surface area (Å²) in [6.07, 6.45) is -0.381. The van der Waals surface area contributed by atoms with E-state index in [1.807, 2.05) is 30.3 Å². The first kappa shape index (κ1) is 21.5. The van der Waals surface area contributed by atoms with E-state index in [9.17, 15) is 14.4 Å². The quantitative estimate of drug-likeness (QED) is 0.407. The number of likely N-dealkylation sites (tertiary alicyclic amines) is 1. The Balaban J connectivity index is 1.96. The summed E-state index contributed by atoms with van der Waals surface area (Å²) in [4.78, 5) is 37.9. The van der Waals surface area contributed by atoms with Gasteiger partial charge in [-0.15, -0.1) is 0 Å². The molecule has 9 heteroatoms. The van der Waals surface area contributed by atoms with Gasteiger partial charge < -0.3 is 14.8 Å². The molecule has 0 aliphatic carbocycles. The van der Waals surface area contributed by atoms with E-state index in [4.69, 9.17) is 15.3 Å². The van der Waals surface area contributed by atoms with Crippen LogP contribution in [0, 0.1) is 0 Å². The number of benzene rings is 1. The lowest BCUT2D eigenvalue weighted by molar-refractivity contribution is -0.127. The zero-order chi connectivity index (χ0) is 20.7. The maximum absolute atomic E-state index is 12.5. The van der Waals surface area contributed by atoms with E-state index in [1.165, 1.54) is 4.90 Å². The van der Waals surface area contributed by atoms with Gasteiger partial charge in [0.05, 0.1) is 6.04 Å². The van der Waals surface area contributed by atoms with Crippen molar-refractivity contribution in [3.63, 3.8) is 0 Å². The third-order valence-corrected chi connectivity index (χ3v) is 4.19. The predicted octanol–water partition coefficient (Wildman–Crippen LogP) is 1.67. The molecule has 1 aliphatic heterocycles. The number of nitrogens with zero attached hydrogens (tertiary/aromatic N) is 1. The predicted molar refractivity (Wildman–Crippen MR) is 102 cm³/mol. The number of carbonyl (C=O) groups is 3. The van der Waals surface area contributed by atoms with Gasteiger partial charge in [-0.25, -0.2) is 15.4 Å². The Hall–Kier alpha value is -2.81. The van der Waals surface area contributed by atoms with Crippen LogP contribution >= 0.6 is 0 Å². The largest absolute Gasteiger partial charge is 0.445 e. The third-order valence-electron chi connectivity index (χ3n) is 4.19. The molecule has 0 spiro atoms. The normalized spacial score (nSPS) is 19.5. The molecule has 1 heterocycles. The van der Waals surface area contributed by atoms with E-state index < -0.39 is 29.7 Å². The molecule has 9 nitrogen and oxygen atoms in total. The summed E-state index contributed by atoms with van der Waals surface area (Å²) in [7, 11) is 0. The molecule has 0 unspecified atom stereocenters. The van der Waals surface area contributed by atoms with Crippen LogP contribution in [-0.2, 0) is 20.9 Å². The molecule has 0 radical (unpaired) electrons. The van der Waals surface area contributed by atoms with Crippen LogP contribution in [0.1, 0.15) is 39.2 Å². The minimum absolute atomic E-state index is 0.118. The molecule has 1 fully saturated rings. The number of hydrogen-bond acceptors (Lipinski definition) is 6. The van der Waals surface area contributed by atoms with E-state index in [0.29, 0.717) is 12.8 Å². The molecule has 28 heavy (non-hydrogen) atoms. The van der Waals surface area contributed by atoms with Crippen LogP contribution in [0.25, 0.3) is 0 Å². The van der Waals surface area contributed by atoms with Gasteiger partial charge >= 0.3 is 12.2 Å². The summed E-state index contributed by atoms with van der Waals surface area (Å²) in [5, 5.41) is 2.74. The van der Waals surface area contributed by atoms with E-state index in [0.717, 1.165) is 5.56 Å². The Morgan fingerprint density at radius 2 is 1.86 bits per heavy atom. The smallest absolute Gasteiger partial charge is 0.411 e. The number of hydrazine groups is 1. The molecule has 3 amide bonds. The lowest BCUT2D eigenvalue weighted by Gasteiger charge is -2.39. The Labute approximate surface area is 164 Å². The van der Waals surface area contributed by atoms with Crippen molar-refractivity contribution in [2.75, 3.05) is 6.54 Å². The topological polar surface area (TPSA) is 123 Å². The van der Waals surface area contributed by atoms with Crippen molar-refractivity contribution in [1.82, 2.24) is 15.6 Å². The maximum atomic E-state index is 12.5. The number of nitrogens with two attached hydrogens (primary N) is 1. The van der Waals surface area contributed by atoms with Crippen LogP contribution in [0.15, 0.2) is 30.3 Å². The van der Waals surface area contributed by atoms with Crippen molar-refractivity contribution in [3.05, 3.63) is 35.9 Å². The first-order valence-corrected chi connectivity index (χ1v) is 9.17. The second kappa shape index (κ2) is 9.41. The molecule has 1 aromatic carbocycles. The third kappa shape index (κ3) is 6.41. The first-order valence-electron chi connectivity index (χ1n) is 9.17. The summed E-state index contributed by atoms with van der Waals surface area (Å²) < 4.78 is 10.6. The second-order valence-electron chi connectivity index (χ2n) is 7.64. The van der Waals surface area contributed by atoms with E-state index in [-0.39, 0.29) is 19.2 Å². The van der Waals surface area contributed by atoms with Gasteiger partial charge in [0.25, 0.3) is 5.91 Å².